The Bertz CT molecular complexity index is 474. The van der Waals surface area contributed by atoms with E-state index in [4.69, 9.17) is 0 Å². The van der Waals surface area contributed by atoms with Crippen LogP contribution in [0.1, 0.15) is 23.8 Å². The Balaban J connectivity index is 1.58. The van der Waals surface area contributed by atoms with Crippen LogP contribution in [0.25, 0.3) is 0 Å². The molecule has 2 fully saturated rings. The van der Waals surface area contributed by atoms with Gasteiger partial charge in [-0.25, -0.2) is 4.79 Å². The van der Waals surface area contributed by atoms with Crippen LogP contribution in [0, 0.1) is 5.92 Å². The first kappa shape index (κ1) is 16.1. The molecule has 0 bridgehead atoms. The Morgan fingerprint density at radius 2 is 2.18 bits per heavy atom. The number of hydrogen-bond donors (Lipinski definition) is 1. The maximum Gasteiger partial charge on any atom is 0.317 e. The number of thiophene rings is 1. The fraction of sp³-hybridized carbons (Fsp3) is 0.688. The topological polar surface area (TPSA) is 35.6 Å². The van der Waals surface area contributed by atoms with E-state index in [1.54, 1.807) is 0 Å². The minimum atomic E-state index is 0.124. The molecule has 2 aliphatic heterocycles. The number of urea groups is 1. The second kappa shape index (κ2) is 7.70. The van der Waals surface area contributed by atoms with Crippen molar-refractivity contribution >= 4 is 29.1 Å². The Labute approximate surface area is 141 Å². The third-order valence-corrected chi connectivity index (χ3v) is 6.54. The number of likely N-dealkylation sites (tertiary alicyclic amines) is 1. The van der Waals surface area contributed by atoms with E-state index in [9.17, 15) is 4.79 Å². The van der Waals surface area contributed by atoms with Gasteiger partial charge in [0.2, 0.25) is 0 Å². The normalized spacial score (nSPS) is 26.9. The number of nitrogens with one attached hydrogen (secondary N) is 1. The molecule has 0 saturated carbocycles. The number of piperidine rings is 1. The zero-order chi connectivity index (χ0) is 15.4. The monoisotopic (exact) mass is 339 g/mol. The lowest BCUT2D eigenvalue weighted by molar-refractivity contribution is 0.121. The van der Waals surface area contributed by atoms with Gasteiger partial charge in [-0.15, -0.1) is 11.3 Å². The third-order valence-electron chi connectivity index (χ3n) is 4.66. The summed E-state index contributed by atoms with van der Waals surface area (Å²) >= 11 is 3.77. The van der Waals surface area contributed by atoms with Gasteiger partial charge in [0.15, 0.2) is 0 Å². The van der Waals surface area contributed by atoms with Crippen molar-refractivity contribution < 1.29 is 4.79 Å². The molecule has 4 nitrogen and oxygen atoms in total. The zero-order valence-electron chi connectivity index (χ0n) is 13.2. The minimum Gasteiger partial charge on any atom is -0.338 e. The largest absolute Gasteiger partial charge is 0.338 e. The number of rotatable bonds is 3. The maximum atomic E-state index is 12.3. The molecular weight excluding hydrogens is 314 g/mol. The molecule has 122 valence electrons. The number of carbonyl (C=O) groups is 1. The molecule has 0 radical (unpaired) electrons. The highest BCUT2D eigenvalue weighted by Gasteiger charge is 2.31. The van der Waals surface area contributed by atoms with Crippen LogP contribution in [0.2, 0.25) is 0 Å². The van der Waals surface area contributed by atoms with Crippen LogP contribution in [-0.4, -0.2) is 60.6 Å². The summed E-state index contributed by atoms with van der Waals surface area (Å²) in [6.07, 6.45) is 2.42. The van der Waals surface area contributed by atoms with Gasteiger partial charge in [0.1, 0.15) is 0 Å². The molecule has 6 heteroatoms. The van der Waals surface area contributed by atoms with Gasteiger partial charge in [-0.05, 0) is 43.8 Å². The number of nitrogens with zero attached hydrogens (tertiary/aromatic N) is 2. The Hall–Kier alpha value is -0.720. The van der Waals surface area contributed by atoms with E-state index in [-0.39, 0.29) is 6.03 Å². The van der Waals surface area contributed by atoms with Crippen molar-refractivity contribution in [3.63, 3.8) is 0 Å². The molecule has 0 aliphatic carbocycles. The van der Waals surface area contributed by atoms with Crippen LogP contribution >= 0.6 is 23.1 Å². The first-order chi connectivity index (χ1) is 10.8. The highest BCUT2D eigenvalue weighted by atomic mass is 32.2. The standard InChI is InChI=1S/C16H25N3OS2/c1-18-6-2-4-13(15(18)14-5-3-9-22-14)12-17-16(20)19-7-10-21-11-8-19/h3,5,9,13,15H,2,4,6-8,10-12H2,1H3,(H,17,20)/t13-,15-/m1/s1. The van der Waals surface area contributed by atoms with Crippen LogP contribution in [0.3, 0.4) is 0 Å². The van der Waals surface area contributed by atoms with Crippen molar-refractivity contribution in [1.29, 1.82) is 0 Å². The van der Waals surface area contributed by atoms with Gasteiger partial charge >= 0.3 is 6.03 Å². The lowest BCUT2D eigenvalue weighted by Gasteiger charge is -2.39. The number of hydrogen-bond acceptors (Lipinski definition) is 4. The molecule has 2 amide bonds. The predicted molar refractivity (Wildman–Crippen MR) is 94.7 cm³/mol. The van der Waals surface area contributed by atoms with E-state index in [0.29, 0.717) is 12.0 Å². The van der Waals surface area contributed by atoms with Crippen LogP contribution in [0.15, 0.2) is 17.5 Å². The smallest absolute Gasteiger partial charge is 0.317 e. The highest BCUT2D eigenvalue weighted by Crippen LogP contribution is 2.36. The second-order valence-electron chi connectivity index (χ2n) is 6.13. The maximum absolute atomic E-state index is 12.3. The van der Waals surface area contributed by atoms with E-state index >= 15 is 0 Å². The Kier molecular flexibility index (Phi) is 5.66. The summed E-state index contributed by atoms with van der Waals surface area (Å²) in [5, 5.41) is 5.34. The van der Waals surface area contributed by atoms with Gasteiger partial charge in [0.25, 0.3) is 0 Å². The van der Waals surface area contributed by atoms with Crippen LogP contribution < -0.4 is 5.32 Å². The molecule has 2 saturated heterocycles. The summed E-state index contributed by atoms with van der Waals surface area (Å²) < 4.78 is 0. The average molecular weight is 340 g/mol. The lowest BCUT2D eigenvalue weighted by atomic mass is 9.88. The molecule has 1 aromatic rings. The quantitative estimate of drug-likeness (QED) is 0.920. The Morgan fingerprint density at radius 1 is 1.36 bits per heavy atom. The van der Waals surface area contributed by atoms with Crippen molar-refractivity contribution in [2.24, 2.45) is 5.92 Å². The van der Waals surface area contributed by atoms with Crippen molar-refractivity contribution in [3.8, 4) is 0 Å². The predicted octanol–water partition coefficient (Wildman–Crippen LogP) is 2.89. The van der Waals surface area contributed by atoms with E-state index in [0.717, 1.165) is 37.7 Å². The van der Waals surface area contributed by atoms with Gasteiger partial charge in [-0.1, -0.05) is 6.07 Å². The van der Waals surface area contributed by atoms with Crippen molar-refractivity contribution in [2.45, 2.75) is 18.9 Å². The zero-order valence-corrected chi connectivity index (χ0v) is 14.8. The summed E-state index contributed by atoms with van der Waals surface area (Å²) in [6.45, 7) is 3.70. The van der Waals surface area contributed by atoms with Crippen LogP contribution in [-0.2, 0) is 0 Å². The summed E-state index contributed by atoms with van der Waals surface area (Å²) in [7, 11) is 2.21. The number of thioether (sulfide) groups is 1. The average Bonchev–Trinajstić information content (AvgIpc) is 3.07. The molecule has 1 aromatic heterocycles. The number of carbonyl (C=O) groups excluding carboxylic acids is 1. The Morgan fingerprint density at radius 3 is 2.91 bits per heavy atom. The highest BCUT2D eigenvalue weighted by molar-refractivity contribution is 7.99. The molecule has 3 rings (SSSR count). The molecule has 0 unspecified atom stereocenters. The molecular formula is C16H25N3OS2. The van der Waals surface area contributed by atoms with Crippen LogP contribution in [0.4, 0.5) is 4.79 Å². The van der Waals surface area contributed by atoms with E-state index < -0.39 is 0 Å². The van der Waals surface area contributed by atoms with E-state index in [2.05, 4.69) is 34.8 Å². The fourth-order valence-corrected chi connectivity index (χ4v) is 5.37. The first-order valence-electron chi connectivity index (χ1n) is 8.10. The van der Waals surface area contributed by atoms with E-state index in [1.807, 2.05) is 28.0 Å². The molecule has 2 aliphatic rings. The van der Waals surface area contributed by atoms with Crippen molar-refractivity contribution in [2.75, 3.05) is 44.7 Å². The molecule has 0 aromatic carbocycles. The first-order valence-corrected chi connectivity index (χ1v) is 10.1. The van der Waals surface area contributed by atoms with E-state index in [1.165, 1.54) is 17.7 Å². The number of amides is 2. The van der Waals surface area contributed by atoms with Crippen molar-refractivity contribution in [1.82, 2.24) is 15.1 Å². The SMILES string of the molecule is CN1CCC[C@H](CNC(=O)N2CCSCC2)[C@@H]1c1cccs1. The third kappa shape index (κ3) is 3.78. The lowest BCUT2D eigenvalue weighted by Crippen LogP contribution is -2.47. The summed E-state index contributed by atoms with van der Waals surface area (Å²) in [5.41, 5.74) is 0. The summed E-state index contributed by atoms with van der Waals surface area (Å²) in [4.78, 5) is 18.1. The molecule has 0 spiro atoms. The van der Waals surface area contributed by atoms with Gasteiger partial charge < -0.3 is 10.2 Å². The van der Waals surface area contributed by atoms with Gasteiger partial charge in [-0.2, -0.15) is 11.8 Å². The van der Waals surface area contributed by atoms with Gasteiger partial charge in [0.05, 0.1) is 0 Å². The second-order valence-corrected chi connectivity index (χ2v) is 8.33. The fourth-order valence-electron chi connectivity index (χ4n) is 3.48. The molecule has 3 heterocycles. The molecule has 2 atom stereocenters. The van der Waals surface area contributed by atoms with Crippen molar-refractivity contribution in [3.05, 3.63) is 22.4 Å². The summed E-state index contributed by atoms with van der Waals surface area (Å²) in [6, 6.07) is 4.93. The summed E-state index contributed by atoms with van der Waals surface area (Å²) in [5.74, 6) is 2.65. The minimum absolute atomic E-state index is 0.124. The molecule has 22 heavy (non-hydrogen) atoms. The van der Waals surface area contributed by atoms with Gasteiger partial charge in [-0.3, -0.25) is 4.90 Å². The molecule has 1 N–H and O–H groups in total. The van der Waals surface area contributed by atoms with Gasteiger partial charge in [0, 0.05) is 42.1 Å². The van der Waals surface area contributed by atoms with Crippen LogP contribution in [0.5, 0.6) is 0 Å².